The Balaban J connectivity index is 2.20. The molecule has 0 aromatic heterocycles. The first kappa shape index (κ1) is 21.9. The quantitative estimate of drug-likeness (QED) is 0.311. The molecule has 0 amide bonds. The van der Waals surface area contributed by atoms with Crippen molar-refractivity contribution in [1.29, 1.82) is 0 Å². The maximum Gasteiger partial charge on any atom is 0.573 e. The van der Waals surface area contributed by atoms with Gasteiger partial charge in [-0.2, -0.15) is 0 Å². The lowest BCUT2D eigenvalue weighted by molar-refractivity contribution is -0.274. The van der Waals surface area contributed by atoms with Crippen molar-refractivity contribution in [3.8, 4) is 5.75 Å². The molecule has 0 fully saturated rings. The molecule has 2 aromatic carbocycles. The van der Waals surface area contributed by atoms with E-state index in [0.29, 0.717) is 5.56 Å². The molecule has 2 N–H and O–H groups in total. The van der Waals surface area contributed by atoms with Crippen molar-refractivity contribution in [1.82, 2.24) is 0 Å². The van der Waals surface area contributed by atoms with Gasteiger partial charge in [-0.15, -0.1) is 13.2 Å². The van der Waals surface area contributed by atoms with Crippen molar-refractivity contribution in [3.63, 3.8) is 0 Å². The molecule has 154 valence electrons. The number of nitrogens with two attached hydrogens (primary N) is 1. The molecule has 6 nitrogen and oxygen atoms in total. The molecule has 0 unspecified atom stereocenters. The number of anilines is 1. The van der Waals surface area contributed by atoms with Gasteiger partial charge in [-0.3, -0.25) is 14.4 Å². The number of halogens is 3. The number of ketones is 2. The average Bonchev–Trinajstić information content (AvgIpc) is 2.62. The first-order chi connectivity index (χ1) is 13.6. The summed E-state index contributed by atoms with van der Waals surface area (Å²) in [5, 5.41) is 0. The SMILES string of the molecule is CCOC(=O)CC(=O)Cc1cccc(C(=O)c2cc(OC(F)(F)F)ccc2N)c1. The van der Waals surface area contributed by atoms with Crippen LogP contribution in [0.25, 0.3) is 0 Å². The highest BCUT2D eigenvalue weighted by molar-refractivity contribution is 6.12. The van der Waals surface area contributed by atoms with Crippen molar-refractivity contribution in [2.75, 3.05) is 12.3 Å². The molecule has 2 rings (SSSR count). The number of Topliss-reactive ketones (excluding diaryl/α,β-unsaturated/α-hetero) is 1. The predicted octanol–water partition coefficient (Wildman–Crippen LogP) is 3.46. The summed E-state index contributed by atoms with van der Waals surface area (Å²) >= 11 is 0. The van der Waals surface area contributed by atoms with Crippen LogP contribution in [0.1, 0.15) is 34.8 Å². The molecule has 2 aromatic rings. The molecule has 0 aliphatic heterocycles. The minimum absolute atomic E-state index is 0.0201. The van der Waals surface area contributed by atoms with Gasteiger partial charge in [0.2, 0.25) is 0 Å². The van der Waals surface area contributed by atoms with Gasteiger partial charge >= 0.3 is 12.3 Å². The van der Waals surface area contributed by atoms with E-state index in [1.165, 1.54) is 18.2 Å². The van der Waals surface area contributed by atoms with E-state index in [1.807, 2.05) is 0 Å². The number of rotatable bonds is 8. The highest BCUT2D eigenvalue weighted by atomic mass is 19.4. The van der Waals surface area contributed by atoms with Gasteiger partial charge < -0.3 is 15.2 Å². The van der Waals surface area contributed by atoms with Crippen LogP contribution in [0.4, 0.5) is 18.9 Å². The lowest BCUT2D eigenvalue weighted by atomic mass is 9.98. The summed E-state index contributed by atoms with van der Waals surface area (Å²) in [5.41, 5.74) is 6.14. The Morgan fingerprint density at radius 3 is 2.45 bits per heavy atom. The van der Waals surface area contributed by atoms with E-state index < -0.39 is 36.1 Å². The third-order valence-electron chi connectivity index (χ3n) is 3.74. The highest BCUT2D eigenvalue weighted by Gasteiger charge is 2.31. The maximum absolute atomic E-state index is 12.7. The molecule has 0 bridgehead atoms. The van der Waals surface area contributed by atoms with Gasteiger partial charge in [-0.05, 0) is 36.8 Å². The zero-order valence-corrected chi connectivity index (χ0v) is 15.4. The summed E-state index contributed by atoms with van der Waals surface area (Å²) in [7, 11) is 0. The second-order valence-electron chi connectivity index (χ2n) is 6.02. The molecular formula is C20H18F3NO5. The molecule has 0 aliphatic rings. The summed E-state index contributed by atoms with van der Waals surface area (Å²) in [6, 6.07) is 9.02. The lowest BCUT2D eigenvalue weighted by Crippen LogP contribution is -2.17. The fourth-order valence-corrected chi connectivity index (χ4v) is 2.57. The fraction of sp³-hybridized carbons (Fsp3) is 0.250. The van der Waals surface area contributed by atoms with Crippen LogP contribution in [-0.4, -0.2) is 30.5 Å². The molecule has 0 aliphatic carbocycles. The van der Waals surface area contributed by atoms with Crippen LogP contribution in [0.15, 0.2) is 42.5 Å². The highest BCUT2D eigenvalue weighted by Crippen LogP contribution is 2.27. The first-order valence-corrected chi connectivity index (χ1v) is 8.55. The zero-order valence-electron chi connectivity index (χ0n) is 15.4. The van der Waals surface area contributed by atoms with E-state index in [9.17, 15) is 27.6 Å². The van der Waals surface area contributed by atoms with Crippen LogP contribution in [0, 0.1) is 0 Å². The Hall–Kier alpha value is -3.36. The second kappa shape index (κ2) is 9.22. The molecule has 0 spiro atoms. The third kappa shape index (κ3) is 6.63. The summed E-state index contributed by atoms with van der Waals surface area (Å²) < 4.78 is 45.8. The van der Waals surface area contributed by atoms with Crippen molar-refractivity contribution in [2.24, 2.45) is 0 Å². The average molecular weight is 409 g/mol. The van der Waals surface area contributed by atoms with Crippen molar-refractivity contribution in [2.45, 2.75) is 26.1 Å². The Kier molecular flexibility index (Phi) is 6.98. The largest absolute Gasteiger partial charge is 0.573 e. The molecule has 29 heavy (non-hydrogen) atoms. The lowest BCUT2D eigenvalue weighted by Gasteiger charge is -2.12. The monoisotopic (exact) mass is 409 g/mol. The number of hydrogen-bond acceptors (Lipinski definition) is 6. The van der Waals surface area contributed by atoms with Crippen molar-refractivity contribution in [3.05, 3.63) is 59.2 Å². The van der Waals surface area contributed by atoms with Gasteiger partial charge in [0, 0.05) is 23.2 Å². The topological polar surface area (TPSA) is 95.7 Å². The summed E-state index contributed by atoms with van der Waals surface area (Å²) in [6.45, 7) is 1.78. The van der Waals surface area contributed by atoms with Gasteiger partial charge in [-0.1, -0.05) is 18.2 Å². The van der Waals surface area contributed by atoms with Gasteiger partial charge in [-0.25, -0.2) is 0 Å². The van der Waals surface area contributed by atoms with Crippen LogP contribution in [0.2, 0.25) is 0 Å². The maximum atomic E-state index is 12.7. The van der Waals surface area contributed by atoms with Crippen LogP contribution in [0.5, 0.6) is 5.75 Å². The van der Waals surface area contributed by atoms with E-state index in [1.54, 1.807) is 13.0 Å². The minimum Gasteiger partial charge on any atom is -0.466 e. The number of carbonyl (C=O) groups excluding carboxylic acids is 3. The van der Waals surface area contributed by atoms with Gasteiger partial charge in [0.1, 0.15) is 18.0 Å². The number of carbonyl (C=O) groups is 3. The summed E-state index contributed by atoms with van der Waals surface area (Å²) in [6.07, 6.45) is -5.40. The van der Waals surface area contributed by atoms with E-state index in [0.717, 1.165) is 18.2 Å². The number of esters is 1. The van der Waals surface area contributed by atoms with E-state index in [-0.39, 0.29) is 29.8 Å². The normalized spacial score (nSPS) is 11.0. The number of alkyl halides is 3. The Morgan fingerprint density at radius 1 is 1.07 bits per heavy atom. The van der Waals surface area contributed by atoms with Gasteiger partial charge in [0.15, 0.2) is 5.78 Å². The fourth-order valence-electron chi connectivity index (χ4n) is 2.57. The third-order valence-corrected chi connectivity index (χ3v) is 3.74. The summed E-state index contributed by atoms with van der Waals surface area (Å²) in [4.78, 5) is 36.0. The Bertz CT molecular complexity index is 925. The molecule has 0 saturated carbocycles. The van der Waals surface area contributed by atoms with Crippen LogP contribution >= 0.6 is 0 Å². The van der Waals surface area contributed by atoms with Crippen LogP contribution in [-0.2, 0) is 20.7 Å². The first-order valence-electron chi connectivity index (χ1n) is 8.55. The predicted molar refractivity (Wildman–Crippen MR) is 97.4 cm³/mol. The van der Waals surface area contributed by atoms with Gasteiger partial charge in [0.05, 0.1) is 6.61 Å². The van der Waals surface area contributed by atoms with E-state index in [4.69, 9.17) is 10.5 Å². The zero-order chi connectivity index (χ0) is 21.6. The van der Waals surface area contributed by atoms with Crippen molar-refractivity contribution < 1.29 is 37.0 Å². The smallest absolute Gasteiger partial charge is 0.466 e. The molecule has 9 heteroatoms. The Morgan fingerprint density at radius 2 is 1.79 bits per heavy atom. The number of ether oxygens (including phenoxy) is 2. The minimum atomic E-state index is -4.91. The molecular weight excluding hydrogens is 391 g/mol. The van der Waals surface area contributed by atoms with Crippen LogP contribution < -0.4 is 10.5 Å². The van der Waals surface area contributed by atoms with E-state index >= 15 is 0 Å². The number of benzene rings is 2. The molecule has 0 saturated heterocycles. The van der Waals surface area contributed by atoms with Crippen molar-refractivity contribution >= 4 is 23.2 Å². The second-order valence-corrected chi connectivity index (χ2v) is 6.02. The molecule has 0 atom stereocenters. The summed E-state index contributed by atoms with van der Waals surface area (Å²) in [5.74, 6) is -2.24. The van der Waals surface area contributed by atoms with Gasteiger partial charge in [0.25, 0.3) is 0 Å². The number of hydrogen-bond donors (Lipinski definition) is 1. The van der Waals surface area contributed by atoms with Crippen LogP contribution in [0.3, 0.4) is 0 Å². The van der Waals surface area contributed by atoms with E-state index in [2.05, 4.69) is 4.74 Å². The molecule has 0 radical (unpaired) electrons. The standard InChI is InChI=1S/C20H18F3NO5/c1-2-28-18(26)10-14(25)9-12-4-3-5-13(8-12)19(27)16-11-15(6-7-17(16)24)29-20(21,22)23/h3-8,11H,2,9-10,24H2,1H3. The number of nitrogen functional groups attached to an aromatic ring is 1. The molecule has 0 heterocycles. The Labute approximate surface area is 164 Å².